The van der Waals surface area contributed by atoms with Gasteiger partial charge >= 0.3 is 11.7 Å². The third-order valence-corrected chi connectivity index (χ3v) is 7.13. The predicted octanol–water partition coefficient (Wildman–Crippen LogP) is 1.42. The predicted molar refractivity (Wildman–Crippen MR) is 129 cm³/mol. The number of esters is 1. The van der Waals surface area contributed by atoms with Gasteiger partial charge in [-0.15, -0.1) is 0 Å². The molecule has 13 nitrogen and oxygen atoms in total. The monoisotopic (exact) mass is 524 g/mol. The van der Waals surface area contributed by atoms with Crippen LogP contribution in [0.1, 0.15) is 23.8 Å². The average Bonchev–Trinajstić information content (AvgIpc) is 3.22. The van der Waals surface area contributed by atoms with Crippen LogP contribution < -0.4 is 16.3 Å². The molecule has 1 aliphatic heterocycles. The second-order valence-corrected chi connectivity index (χ2v) is 10.9. The largest absolute Gasteiger partial charge is 0.468 e. The van der Waals surface area contributed by atoms with E-state index in [2.05, 4.69) is 20.1 Å². The van der Waals surface area contributed by atoms with Crippen molar-refractivity contribution in [1.82, 2.24) is 14.6 Å². The number of hydrogen-bond acceptors (Lipinski definition) is 8. The molecular weight excluding hydrogens is 499 g/mol. The molecule has 0 spiro atoms. The lowest BCUT2D eigenvalue weighted by Gasteiger charge is -2.25. The van der Waals surface area contributed by atoms with E-state index in [9.17, 15) is 19.3 Å². The van der Waals surface area contributed by atoms with E-state index in [1.807, 2.05) is 30.3 Å². The van der Waals surface area contributed by atoms with E-state index < -0.39 is 48.3 Å². The van der Waals surface area contributed by atoms with Gasteiger partial charge in [-0.05, 0) is 36.2 Å². The lowest BCUT2D eigenvalue weighted by molar-refractivity contribution is -0.142. The van der Waals surface area contributed by atoms with Crippen molar-refractivity contribution in [3.05, 3.63) is 78.9 Å². The molecule has 1 aliphatic rings. The van der Waals surface area contributed by atoms with Crippen molar-refractivity contribution < 1.29 is 23.7 Å². The molecule has 0 radical (unpaired) electrons. The van der Waals surface area contributed by atoms with Crippen molar-refractivity contribution in [2.24, 2.45) is 5.11 Å². The number of aromatic nitrogens is 2. The summed E-state index contributed by atoms with van der Waals surface area (Å²) in [6, 6.07) is 7.39. The first kappa shape index (κ1) is 26.8. The summed E-state index contributed by atoms with van der Waals surface area (Å²) in [6.07, 6.45) is -0.00730. The van der Waals surface area contributed by atoms with Gasteiger partial charge < -0.3 is 18.9 Å². The standard InChI is InChI=1S/C20H25N6O7PS/c1-12-10-26(20(29)22-18(12)27)17-9-14(23-25-21)16(33-17)11-32-34(30,35)24-15(19(28)31-2)8-13-6-4-3-5-7-13/h3-7,10,14-17H,8-9,11H2,1-2H3,(H,22,27,29)(H2,24,30,35)/t14-,15-,16+,17+,34?/m0/s1. The molecule has 3 N–H and O–H groups in total. The molecule has 35 heavy (non-hydrogen) atoms. The van der Waals surface area contributed by atoms with Gasteiger partial charge in [-0.25, -0.2) is 9.88 Å². The van der Waals surface area contributed by atoms with Crippen molar-refractivity contribution in [2.45, 2.75) is 44.2 Å². The van der Waals surface area contributed by atoms with Crippen LogP contribution in [-0.4, -0.2) is 52.3 Å². The van der Waals surface area contributed by atoms with Gasteiger partial charge in [0.15, 0.2) is 0 Å². The van der Waals surface area contributed by atoms with Gasteiger partial charge in [0.25, 0.3) is 12.2 Å². The molecule has 0 saturated carbocycles. The van der Waals surface area contributed by atoms with E-state index in [1.54, 1.807) is 0 Å². The third kappa shape index (κ3) is 7.09. The Labute approximate surface area is 204 Å². The summed E-state index contributed by atoms with van der Waals surface area (Å²) in [6.45, 7) is -2.46. The van der Waals surface area contributed by atoms with E-state index in [0.29, 0.717) is 5.56 Å². The fourth-order valence-corrected chi connectivity index (χ4v) is 5.18. The van der Waals surface area contributed by atoms with Gasteiger partial charge in [-0.3, -0.25) is 19.1 Å². The number of rotatable bonds is 10. The van der Waals surface area contributed by atoms with E-state index in [-0.39, 0.29) is 19.4 Å². The van der Waals surface area contributed by atoms with Crippen LogP contribution in [0.4, 0.5) is 0 Å². The average molecular weight is 524 g/mol. The zero-order chi connectivity index (χ0) is 25.6. The number of azide groups is 1. The van der Waals surface area contributed by atoms with E-state index in [1.165, 1.54) is 24.8 Å². The van der Waals surface area contributed by atoms with Crippen molar-refractivity contribution in [3.63, 3.8) is 0 Å². The number of ether oxygens (including phenoxy) is 2. The molecule has 188 valence electrons. The Morgan fingerprint density at radius 1 is 1.46 bits per heavy atom. The van der Waals surface area contributed by atoms with E-state index >= 15 is 0 Å². The topological polar surface area (TPSA) is 181 Å². The van der Waals surface area contributed by atoms with Gasteiger partial charge in [0.1, 0.15) is 12.3 Å². The minimum absolute atomic E-state index is 0.129. The minimum Gasteiger partial charge on any atom is -0.468 e. The number of nitrogens with one attached hydrogen (secondary N) is 2. The van der Waals surface area contributed by atoms with Crippen LogP contribution in [-0.2, 0) is 37.0 Å². The number of H-pyrrole nitrogens is 1. The maximum atomic E-state index is 12.3. The van der Waals surface area contributed by atoms with Crippen LogP contribution in [0.3, 0.4) is 0 Å². The lowest BCUT2D eigenvalue weighted by atomic mass is 10.1. The molecule has 3 rings (SSSR count). The van der Waals surface area contributed by atoms with E-state index in [4.69, 9.17) is 31.3 Å². The normalized spacial score (nSPS) is 22.1. The molecule has 1 fully saturated rings. The van der Waals surface area contributed by atoms with Crippen LogP contribution >= 0.6 is 6.64 Å². The highest BCUT2D eigenvalue weighted by molar-refractivity contribution is 8.08. The number of benzene rings is 1. The lowest BCUT2D eigenvalue weighted by Crippen LogP contribution is -2.38. The van der Waals surface area contributed by atoms with Crippen molar-refractivity contribution in [2.75, 3.05) is 13.7 Å². The first-order valence-electron chi connectivity index (χ1n) is 10.5. The van der Waals surface area contributed by atoms with Crippen LogP contribution in [0.2, 0.25) is 0 Å². The second-order valence-electron chi connectivity index (χ2n) is 7.83. The zero-order valence-electron chi connectivity index (χ0n) is 18.9. The number of aromatic amines is 1. The number of carbonyl (C=O) groups is 1. The van der Waals surface area contributed by atoms with Crippen LogP contribution in [0.5, 0.6) is 0 Å². The molecule has 0 bridgehead atoms. The molecule has 15 heteroatoms. The highest BCUT2D eigenvalue weighted by Gasteiger charge is 2.38. The van der Waals surface area contributed by atoms with E-state index in [0.717, 1.165) is 5.56 Å². The quantitative estimate of drug-likeness (QED) is 0.136. The smallest absolute Gasteiger partial charge is 0.330 e. The SMILES string of the molecule is COC(=O)[C@H](Cc1ccccc1)NP(O)(=S)OC[C@H]1O[C@@H](n2cc(C)c(=O)[nH]c2=O)C[C@@H]1N=[N+]=[N-]. The number of aryl methyl sites for hydroxylation is 1. The van der Waals surface area contributed by atoms with Crippen LogP contribution in [0.15, 0.2) is 51.2 Å². The Hall–Kier alpha value is -2.83. The maximum Gasteiger partial charge on any atom is 0.330 e. The number of methoxy groups -OCH3 is 1. The Morgan fingerprint density at radius 2 is 2.17 bits per heavy atom. The highest BCUT2D eigenvalue weighted by atomic mass is 32.5. The Morgan fingerprint density at radius 3 is 2.83 bits per heavy atom. The molecule has 2 heterocycles. The van der Waals surface area contributed by atoms with Crippen molar-refractivity contribution in [3.8, 4) is 0 Å². The van der Waals surface area contributed by atoms with Gasteiger partial charge in [0.2, 0.25) is 0 Å². The summed E-state index contributed by atoms with van der Waals surface area (Å²) in [7, 11) is 1.22. The van der Waals surface area contributed by atoms with Crippen LogP contribution in [0.25, 0.3) is 10.4 Å². The van der Waals surface area contributed by atoms with Crippen molar-refractivity contribution >= 4 is 24.4 Å². The summed E-state index contributed by atoms with van der Waals surface area (Å²) >= 11 is 5.19. The number of nitrogens with zero attached hydrogens (tertiary/aromatic N) is 4. The fourth-order valence-electron chi connectivity index (χ4n) is 3.61. The Kier molecular flexibility index (Phi) is 8.98. The first-order chi connectivity index (χ1) is 16.6. The molecule has 0 aliphatic carbocycles. The van der Waals surface area contributed by atoms with Crippen LogP contribution in [0, 0.1) is 6.92 Å². The molecule has 0 amide bonds. The Balaban J connectivity index is 1.70. The summed E-state index contributed by atoms with van der Waals surface area (Å²) in [5.41, 5.74) is 8.86. The summed E-state index contributed by atoms with van der Waals surface area (Å²) in [5.74, 6) is -0.627. The molecule has 1 aromatic heterocycles. The zero-order valence-corrected chi connectivity index (χ0v) is 20.6. The molecule has 2 aromatic rings. The fraction of sp³-hybridized carbons (Fsp3) is 0.450. The second kappa shape index (κ2) is 11.7. The molecule has 1 unspecified atom stereocenters. The van der Waals surface area contributed by atoms with Gasteiger partial charge in [0, 0.05) is 23.1 Å². The van der Waals surface area contributed by atoms with Gasteiger partial charge in [-0.2, -0.15) is 0 Å². The maximum absolute atomic E-state index is 12.3. The molecule has 5 atom stereocenters. The highest BCUT2D eigenvalue weighted by Crippen LogP contribution is 2.40. The summed E-state index contributed by atoms with van der Waals surface area (Å²) in [5, 5.41) is 6.36. The minimum atomic E-state index is -3.71. The summed E-state index contributed by atoms with van der Waals surface area (Å²) < 4.78 is 17.4. The molecule has 1 saturated heterocycles. The van der Waals surface area contributed by atoms with Gasteiger partial charge in [-0.1, -0.05) is 35.4 Å². The first-order valence-corrected chi connectivity index (χ1v) is 13.2. The third-order valence-electron chi connectivity index (χ3n) is 5.36. The van der Waals surface area contributed by atoms with Crippen molar-refractivity contribution in [1.29, 1.82) is 0 Å². The summed E-state index contributed by atoms with van der Waals surface area (Å²) in [4.78, 5) is 51.8. The molecule has 1 aromatic carbocycles. The van der Waals surface area contributed by atoms with Gasteiger partial charge in [0.05, 0.1) is 25.9 Å². The number of hydrogen-bond donors (Lipinski definition) is 3. The number of carbonyl (C=O) groups excluding carboxylic acids is 1. The molecular formula is C20H25N6O7PS. The Bertz CT molecular complexity index is 1260.